The van der Waals surface area contributed by atoms with Crippen LogP contribution in [0.3, 0.4) is 0 Å². The lowest BCUT2D eigenvalue weighted by atomic mass is 9.65. The van der Waals surface area contributed by atoms with E-state index in [-0.39, 0.29) is 0 Å². The molecule has 3 nitrogen and oxygen atoms in total. The van der Waals surface area contributed by atoms with Crippen LogP contribution in [-0.2, 0) is 6.54 Å². The summed E-state index contributed by atoms with van der Waals surface area (Å²) in [5.74, 6) is 2.84. The number of hydrogen-bond acceptors (Lipinski definition) is 2. The van der Waals surface area contributed by atoms with Gasteiger partial charge < -0.3 is 5.32 Å². The van der Waals surface area contributed by atoms with Crippen LogP contribution in [0.15, 0.2) is 12.4 Å². The summed E-state index contributed by atoms with van der Waals surface area (Å²) in [6.45, 7) is 3.24. The molecule has 3 heteroatoms. The summed E-state index contributed by atoms with van der Waals surface area (Å²) < 4.78 is 2.10. The average molecular weight is 289 g/mol. The van der Waals surface area contributed by atoms with Gasteiger partial charge in [0.05, 0.1) is 6.20 Å². The van der Waals surface area contributed by atoms with Crippen molar-refractivity contribution < 1.29 is 0 Å². The van der Waals surface area contributed by atoms with E-state index in [9.17, 15) is 0 Å². The third-order valence-electron chi connectivity index (χ3n) is 5.83. The molecule has 0 spiro atoms. The molecule has 4 unspecified atom stereocenters. The fourth-order valence-corrected chi connectivity index (χ4v) is 4.78. The first-order valence-corrected chi connectivity index (χ1v) is 9.01. The number of fused-ring (bicyclic) bond motifs is 1. The zero-order valence-electron chi connectivity index (χ0n) is 13.7. The van der Waals surface area contributed by atoms with Crippen LogP contribution in [0.5, 0.6) is 0 Å². The number of aromatic nitrogens is 2. The molecule has 0 saturated heterocycles. The molecule has 1 aromatic rings. The highest BCUT2D eigenvalue weighted by Gasteiger charge is 2.35. The van der Waals surface area contributed by atoms with Crippen LogP contribution in [0.25, 0.3) is 0 Å². The van der Waals surface area contributed by atoms with Gasteiger partial charge in [-0.1, -0.05) is 32.6 Å². The van der Waals surface area contributed by atoms with Crippen LogP contribution in [0, 0.1) is 17.8 Å². The highest BCUT2D eigenvalue weighted by Crippen LogP contribution is 2.46. The monoisotopic (exact) mass is 289 g/mol. The summed E-state index contributed by atoms with van der Waals surface area (Å²) in [5, 5.41) is 8.11. The van der Waals surface area contributed by atoms with Crippen LogP contribution < -0.4 is 5.32 Å². The van der Waals surface area contributed by atoms with Gasteiger partial charge in [0, 0.05) is 24.3 Å². The Kier molecular flexibility index (Phi) is 4.99. The van der Waals surface area contributed by atoms with E-state index in [2.05, 4.69) is 41.5 Å². The predicted octanol–water partition coefficient (Wildman–Crippen LogP) is 4.16. The minimum atomic E-state index is 0.499. The van der Waals surface area contributed by atoms with Crippen LogP contribution in [0.4, 0.5) is 0 Å². The highest BCUT2D eigenvalue weighted by atomic mass is 15.3. The molecule has 4 atom stereocenters. The molecule has 21 heavy (non-hydrogen) atoms. The molecule has 2 aliphatic rings. The maximum atomic E-state index is 4.53. The number of nitrogens with zero attached hydrogens (tertiary/aromatic N) is 2. The number of hydrogen-bond donors (Lipinski definition) is 1. The summed E-state index contributed by atoms with van der Waals surface area (Å²) in [7, 11) is 2.12. The minimum absolute atomic E-state index is 0.499. The summed E-state index contributed by atoms with van der Waals surface area (Å²) in [6, 6.07) is 0.499. The van der Waals surface area contributed by atoms with Crippen molar-refractivity contribution >= 4 is 0 Å². The van der Waals surface area contributed by atoms with Crippen molar-refractivity contribution in [2.45, 2.75) is 70.9 Å². The van der Waals surface area contributed by atoms with Gasteiger partial charge in [-0.3, -0.25) is 4.68 Å². The molecule has 1 N–H and O–H groups in total. The zero-order valence-corrected chi connectivity index (χ0v) is 13.7. The van der Waals surface area contributed by atoms with Crippen molar-refractivity contribution in [2.24, 2.45) is 17.8 Å². The number of nitrogens with one attached hydrogen (secondary N) is 1. The smallest absolute Gasteiger partial charge is 0.0537 e. The van der Waals surface area contributed by atoms with Crippen molar-refractivity contribution in [1.82, 2.24) is 15.1 Å². The van der Waals surface area contributed by atoms with E-state index in [1.807, 2.05) is 0 Å². The summed E-state index contributed by atoms with van der Waals surface area (Å²) in [5.41, 5.74) is 1.39. The Bertz CT molecular complexity index is 439. The molecule has 118 valence electrons. The van der Waals surface area contributed by atoms with Gasteiger partial charge in [0.1, 0.15) is 0 Å². The van der Waals surface area contributed by atoms with E-state index < -0.39 is 0 Å². The van der Waals surface area contributed by atoms with Gasteiger partial charge in [0.25, 0.3) is 0 Å². The van der Waals surface area contributed by atoms with E-state index in [1.165, 1.54) is 50.5 Å². The Morgan fingerprint density at radius 3 is 2.81 bits per heavy atom. The minimum Gasteiger partial charge on any atom is -0.313 e. The molecule has 1 aromatic heterocycles. The van der Waals surface area contributed by atoms with Crippen molar-refractivity contribution in [3.63, 3.8) is 0 Å². The molecule has 0 bridgehead atoms. The topological polar surface area (TPSA) is 29.9 Å². The largest absolute Gasteiger partial charge is 0.313 e. The molecule has 0 aromatic carbocycles. The van der Waals surface area contributed by atoms with E-state index in [0.29, 0.717) is 6.04 Å². The van der Waals surface area contributed by atoms with Crippen molar-refractivity contribution in [2.75, 3.05) is 7.05 Å². The average Bonchev–Trinajstić information content (AvgIpc) is 2.97. The van der Waals surface area contributed by atoms with E-state index in [0.717, 1.165) is 30.7 Å². The molecular formula is C18H31N3. The molecule has 0 aliphatic heterocycles. The van der Waals surface area contributed by atoms with Crippen molar-refractivity contribution in [3.05, 3.63) is 18.0 Å². The summed E-state index contributed by atoms with van der Waals surface area (Å²) in [4.78, 5) is 0. The molecule has 3 rings (SSSR count). The molecule has 2 saturated carbocycles. The first-order chi connectivity index (χ1) is 10.3. The lowest BCUT2D eigenvalue weighted by Gasteiger charge is -2.41. The standard InChI is InChI=1S/C18H31N3/c1-3-10-21-13-17(12-20-21)18(19-2)16-9-8-14-6-4-5-7-15(14)11-16/h12-16,18-19H,3-11H2,1-2H3. The maximum absolute atomic E-state index is 4.53. The molecule has 2 fully saturated rings. The normalized spacial score (nSPS) is 30.9. The molecule has 1 heterocycles. The van der Waals surface area contributed by atoms with Crippen LogP contribution >= 0.6 is 0 Å². The quantitative estimate of drug-likeness (QED) is 0.882. The lowest BCUT2D eigenvalue weighted by Crippen LogP contribution is -2.34. The first kappa shape index (κ1) is 15.1. The van der Waals surface area contributed by atoms with E-state index in [1.54, 1.807) is 0 Å². The van der Waals surface area contributed by atoms with Gasteiger partial charge in [-0.05, 0) is 50.5 Å². The number of aryl methyl sites for hydroxylation is 1. The highest BCUT2D eigenvalue weighted by molar-refractivity contribution is 5.12. The fraction of sp³-hybridized carbons (Fsp3) is 0.833. The predicted molar refractivity (Wildman–Crippen MR) is 87.1 cm³/mol. The van der Waals surface area contributed by atoms with Gasteiger partial charge in [-0.15, -0.1) is 0 Å². The summed E-state index contributed by atoms with van der Waals surface area (Å²) >= 11 is 0. The van der Waals surface area contributed by atoms with Gasteiger partial charge in [-0.2, -0.15) is 5.10 Å². The second-order valence-corrected chi connectivity index (χ2v) is 7.18. The second kappa shape index (κ2) is 6.95. The van der Waals surface area contributed by atoms with Gasteiger partial charge in [0.15, 0.2) is 0 Å². The Morgan fingerprint density at radius 1 is 1.24 bits per heavy atom. The van der Waals surface area contributed by atoms with E-state index >= 15 is 0 Å². The molecule has 2 aliphatic carbocycles. The molecule has 0 amide bonds. The third-order valence-corrected chi connectivity index (χ3v) is 5.83. The SMILES string of the molecule is CCCn1cc(C(NC)C2CCC3CCCCC3C2)cn1. The zero-order chi connectivity index (χ0) is 14.7. The second-order valence-electron chi connectivity index (χ2n) is 7.18. The van der Waals surface area contributed by atoms with Crippen LogP contribution in [-0.4, -0.2) is 16.8 Å². The Morgan fingerprint density at radius 2 is 2.05 bits per heavy atom. The van der Waals surface area contributed by atoms with Gasteiger partial charge >= 0.3 is 0 Å². The Labute approximate surface area is 129 Å². The molecule has 0 radical (unpaired) electrons. The van der Waals surface area contributed by atoms with Crippen LogP contribution in [0.2, 0.25) is 0 Å². The van der Waals surface area contributed by atoms with Crippen molar-refractivity contribution in [3.8, 4) is 0 Å². The Hall–Kier alpha value is -0.830. The van der Waals surface area contributed by atoms with Crippen molar-refractivity contribution in [1.29, 1.82) is 0 Å². The third kappa shape index (κ3) is 3.33. The lowest BCUT2D eigenvalue weighted by molar-refractivity contribution is 0.111. The first-order valence-electron chi connectivity index (χ1n) is 9.01. The van der Waals surface area contributed by atoms with Gasteiger partial charge in [-0.25, -0.2) is 0 Å². The van der Waals surface area contributed by atoms with Gasteiger partial charge in [0.2, 0.25) is 0 Å². The number of rotatable bonds is 5. The molecular weight excluding hydrogens is 258 g/mol. The van der Waals surface area contributed by atoms with E-state index in [4.69, 9.17) is 0 Å². The Balaban J connectivity index is 1.67. The van der Waals surface area contributed by atoms with Crippen LogP contribution in [0.1, 0.15) is 69.9 Å². The maximum Gasteiger partial charge on any atom is 0.0537 e. The summed E-state index contributed by atoms with van der Waals surface area (Å²) in [6.07, 6.45) is 15.7. The fourth-order valence-electron chi connectivity index (χ4n) is 4.78.